The van der Waals surface area contributed by atoms with Crippen LogP contribution < -0.4 is 5.32 Å². The molecule has 130 valence electrons. The van der Waals surface area contributed by atoms with Crippen molar-refractivity contribution in [1.82, 2.24) is 10.3 Å². The van der Waals surface area contributed by atoms with Crippen LogP contribution in [-0.4, -0.2) is 42.0 Å². The van der Waals surface area contributed by atoms with Gasteiger partial charge in [0.05, 0.1) is 11.8 Å². The molecule has 0 aromatic carbocycles. The van der Waals surface area contributed by atoms with E-state index in [2.05, 4.69) is 29.3 Å². The Bertz CT molecular complexity index is 588. The van der Waals surface area contributed by atoms with Crippen LogP contribution in [0.4, 0.5) is 0 Å². The van der Waals surface area contributed by atoms with Gasteiger partial charge >= 0.3 is 0 Å². The van der Waals surface area contributed by atoms with E-state index >= 15 is 0 Å². The average Bonchev–Trinajstić information content (AvgIpc) is 3.11. The molecule has 0 unspecified atom stereocenters. The van der Waals surface area contributed by atoms with Crippen LogP contribution in [-0.2, 0) is 14.4 Å². The fourth-order valence-corrected chi connectivity index (χ4v) is 3.39. The summed E-state index contributed by atoms with van der Waals surface area (Å²) in [7, 11) is 0. The lowest BCUT2D eigenvalue weighted by molar-refractivity contribution is -0.132. The molecular weight excluding hydrogens is 306 g/mol. The molecule has 0 spiro atoms. The molecule has 2 aliphatic rings. The van der Waals surface area contributed by atoms with Gasteiger partial charge in [0, 0.05) is 43.4 Å². The van der Waals surface area contributed by atoms with Crippen molar-refractivity contribution in [2.45, 2.75) is 45.3 Å². The lowest BCUT2D eigenvalue weighted by Crippen LogP contribution is -2.44. The summed E-state index contributed by atoms with van der Waals surface area (Å²) < 4.78 is 5.87. The van der Waals surface area contributed by atoms with Gasteiger partial charge in [-0.15, -0.1) is 0 Å². The van der Waals surface area contributed by atoms with E-state index in [1.165, 1.54) is 0 Å². The summed E-state index contributed by atoms with van der Waals surface area (Å²) in [4.78, 5) is 21.8. The first-order chi connectivity index (χ1) is 11.6. The third-order valence-electron chi connectivity index (χ3n) is 4.65. The summed E-state index contributed by atoms with van der Waals surface area (Å²) in [6, 6.07) is 3.77. The minimum atomic E-state index is -0.554. The van der Waals surface area contributed by atoms with Gasteiger partial charge in [0.15, 0.2) is 0 Å². The Morgan fingerprint density at radius 2 is 2.33 bits per heavy atom. The summed E-state index contributed by atoms with van der Waals surface area (Å²) in [5.74, 6) is 0.712. The molecule has 6 heteroatoms. The van der Waals surface area contributed by atoms with Crippen LogP contribution in [0.3, 0.4) is 0 Å². The van der Waals surface area contributed by atoms with E-state index in [0.717, 1.165) is 30.7 Å². The zero-order chi connectivity index (χ0) is 16.9. The van der Waals surface area contributed by atoms with Gasteiger partial charge in [-0.3, -0.25) is 9.78 Å². The molecule has 24 heavy (non-hydrogen) atoms. The quantitative estimate of drug-likeness (QED) is 0.897. The second-order valence-electron chi connectivity index (χ2n) is 6.80. The van der Waals surface area contributed by atoms with Gasteiger partial charge < -0.3 is 14.9 Å². The number of rotatable bonds is 5. The van der Waals surface area contributed by atoms with Crippen molar-refractivity contribution in [3.05, 3.63) is 30.1 Å². The zero-order valence-corrected chi connectivity index (χ0v) is 14.3. The van der Waals surface area contributed by atoms with E-state index in [9.17, 15) is 4.79 Å². The predicted molar refractivity (Wildman–Crippen MR) is 90.6 cm³/mol. The number of nitrogens with zero attached hydrogens (tertiary/aromatic N) is 2. The molecule has 2 aliphatic heterocycles. The van der Waals surface area contributed by atoms with Crippen molar-refractivity contribution in [3.8, 4) is 0 Å². The van der Waals surface area contributed by atoms with Gasteiger partial charge in [0.25, 0.3) is 5.91 Å². The molecular formula is C18H25N3O3. The van der Waals surface area contributed by atoms with Crippen LogP contribution in [0.2, 0.25) is 0 Å². The van der Waals surface area contributed by atoms with Gasteiger partial charge in [-0.1, -0.05) is 19.0 Å². The largest absolute Gasteiger partial charge is 0.382 e. The third kappa shape index (κ3) is 3.93. The maximum Gasteiger partial charge on any atom is 0.264 e. The topological polar surface area (TPSA) is 72.8 Å². The fourth-order valence-electron chi connectivity index (χ4n) is 3.39. The number of pyridine rings is 1. The number of carbonyl (C=O) groups excluding carboxylic acids is 1. The number of amides is 1. The molecule has 1 N–H and O–H groups in total. The second-order valence-corrected chi connectivity index (χ2v) is 6.80. The van der Waals surface area contributed by atoms with Crippen LogP contribution in [0.1, 0.15) is 38.7 Å². The number of nitrogens with one attached hydrogen (secondary N) is 1. The first kappa shape index (κ1) is 16.9. The first-order valence-electron chi connectivity index (χ1n) is 8.67. The van der Waals surface area contributed by atoms with E-state index in [-0.39, 0.29) is 12.0 Å². The van der Waals surface area contributed by atoms with Crippen LogP contribution in [0.15, 0.2) is 29.7 Å². The monoisotopic (exact) mass is 331 g/mol. The van der Waals surface area contributed by atoms with E-state index < -0.39 is 6.10 Å². The highest BCUT2D eigenvalue weighted by atomic mass is 16.6. The van der Waals surface area contributed by atoms with Crippen LogP contribution >= 0.6 is 0 Å². The average molecular weight is 331 g/mol. The SMILES string of the molecule is CC(C)[C@@H]1OCCC[C@@H]1CNC(=O)[C@H]1CC(c2cccnc2)=NO1. The first-order valence-corrected chi connectivity index (χ1v) is 8.67. The normalized spacial score (nSPS) is 26.8. The van der Waals surface area contributed by atoms with E-state index in [4.69, 9.17) is 9.57 Å². The lowest BCUT2D eigenvalue weighted by Gasteiger charge is -2.34. The van der Waals surface area contributed by atoms with E-state index in [1.54, 1.807) is 12.4 Å². The Morgan fingerprint density at radius 3 is 3.08 bits per heavy atom. The van der Waals surface area contributed by atoms with Crippen molar-refractivity contribution in [1.29, 1.82) is 0 Å². The minimum absolute atomic E-state index is 0.106. The molecule has 1 aromatic rings. The summed E-state index contributed by atoms with van der Waals surface area (Å²) >= 11 is 0. The Balaban J connectivity index is 1.50. The highest BCUT2D eigenvalue weighted by Gasteiger charge is 2.32. The summed E-state index contributed by atoms with van der Waals surface area (Å²) in [5, 5.41) is 7.06. The second kappa shape index (κ2) is 7.75. The standard InChI is InChI=1S/C18H25N3O3/c1-12(2)17-14(6-4-8-23-17)11-20-18(22)16-9-15(21-24-16)13-5-3-7-19-10-13/h3,5,7,10,12,14,16-17H,4,6,8-9,11H2,1-2H3,(H,20,22)/t14-,16-,17+/m1/s1. The molecule has 0 bridgehead atoms. The lowest BCUT2D eigenvalue weighted by atomic mass is 9.87. The maximum atomic E-state index is 12.4. The van der Waals surface area contributed by atoms with Crippen molar-refractivity contribution >= 4 is 11.6 Å². The minimum Gasteiger partial charge on any atom is -0.382 e. The Hall–Kier alpha value is -1.95. The zero-order valence-electron chi connectivity index (χ0n) is 14.3. The van der Waals surface area contributed by atoms with Crippen LogP contribution in [0.5, 0.6) is 0 Å². The summed E-state index contributed by atoms with van der Waals surface area (Å²) in [6.45, 7) is 5.78. The Labute approximate surface area is 142 Å². The molecule has 1 fully saturated rings. The fraction of sp³-hybridized carbons (Fsp3) is 0.611. The molecule has 0 saturated carbocycles. The highest BCUT2D eigenvalue weighted by Crippen LogP contribution is 2.26. The van der Waals surface area contributed by atoms with Crippen molar-refractivity contribution < 1.29 is 14.4 Å². The smallest absolute Gasteiger partial charge is 0.264 e. The van der Waals surface area contributed by atoms with Crippen molar-refractivity contribution in [3.63, 3.8) is 0 Å². The van der Waals surface area contributed by atoms with Gasteiger partial charge in [-0.25, -0.2) is 0 Å². The molecule has 3 rings (SSSR count). The van der Waals surface area contributed by atoms with E-state index in [0.29, 0.717) is 24.8 Å². The molecule has 3 atom stereocenters. The molecule has 3 heterocycles. The number of aromatic nitrogens is 1. The summed E-state index contributed by atoms with van der Waals surface area (Å²) in [6.07, 6.45) is 5.72. The van der Waals surface area contributed by atoms with Crippen molar-refractivity contribution in [2.75, 3.05) is 13.2 Å². The van der Waals surface area contributed by atoms with Gasteiger partial charge in [-0.2, -0.15) is 0 Å². The number of hydrogen-bond acceptors (Lipinski definition) is 5. The molecule has 1 aromatic heterocycles. The number of ether oxygens (including phenoxy) is 1. The molecule has 1 saturated heterocycles. The number of hydrogen-bond donors (Lipinski definition) is 1. The van der Waals surface area contributed by atoms with E-state index in [1.807, 2.05) is 12.1 Å². The van der Waals surface area contributed by atoms with Gasteiger partial charge in [0.2, 0.25) is 6.10 Å². The van der Waals surface area contributed by atoms with Gasteiger partial charge in [-0.05, 0) is 30.9 Å². The van der Waals surface area contributed by atoms with Crippen molar-refractivity contribution in [2.24, 2.45) is 17.0 Å². The molecule has 0 aliphatic carbocycles. The predicted octanol–water partition coefficient (Wildman–Crippen LogP) is 2.14. The Kier molecular flexibility index (Phi) is 5.45. The highest BCUT2D eigenvalue weighted by molar-refractivity contribution is 6.03. The van der Waals surface area contributed by atoms with Crippen LogP contribution in [0, 0.1) is 11.8 Å². The Morgan fingerprint density at radius 1 is 1.46 bits per heavy atom. The van der Waals surface area contributed by atoms with Crippen LogP contribution in [0.25, 0.3) is 0 Å². The number of oxime groups is 1. The number of carbonyl (C=O) groups is 1. The molecule has 0 radical (unpaired) electrons. The molecule has 6 nitrogen and oxygen atoms in total. The maximum absolute atomic E-state index is 12.4. The van der Waals surface area contributed by atoms with Gasteiger partial charge in [0.1, 0.15) is 0 Å². The summed E-state index contributed by atoms with van der Waals surface area (Å²) in [5.41, 5.74) is 1.66. The molecule has 1 amide bonds. The third-order valence-corrected chi connectivity index (χ3v) is 4.65.